The Morgan fingerprint density at radius 2 is 2.04 bits per heavy atom. The monoisotopic (exact) mass is 356 g/mol. The number of hydrogen-bond acceptors (Lipinski definition) is 11. The molecule has 0 spiro atoms. The second kappa shape index (κ2) is 7.03. The third-order valence-electron chi connectivity index (χ3n) is 3.95. The van der Waals surface area contributed by atoms with Gasteiger partial charge in [-0.15, -0.1) is 0 Å². The van der Waals surface area contributed by atoms with E-state index in [0.29, 0.717) is 0 Å². The van der Waals surface area contributed by atoms with E-state index in [1.807, 2.05) is 0 Å². The zero-order chi connectivity index (χ0) is 18.1. The van der Waals surface area contributed by atoms with Crippen molar-refractivity contribution in [3.63, 3.8) is 0 Å². The van der Waals surface area contributed by atoms with Gasteiger partial charge in [0.1, 0.15) is 23.8 Å². The normalized spacial score (nSPS) is 27.7. The van der Waals surface area contributed by atoms with Gasteiger partial charge in [0, 0.05) is 6.54 Å². The first-order valence-electron chi connectivity index (χ1n) is 7.61. The van der Waals surface area contributed by atoms with Gasteiger partial charge in [0.2, 0.25) is 5.95 Å². The molecule has 138 valence electrons. The molecule has 3 heterocycles. The number of anilines is 2. The van der Waals surface area contributed by atoms with Crippen LogP contribution in [0.2, 0.25) is 0 Å². The predicted molar refractivity (Wildman–Crippen MR) is 84.3 cm³/mol. The quantitative estimate of drug-likeness (QED) is 0.275. The van der Waals surface area contributed by atoms with Crippen LogP contribution in [0.3, 0.4) is 0 Å². The van der Waals surface area contributed by atoms with E-state index in [2.05, 4.69) is 20.3 Å². The van der Waals surface area contributed by atoms with Crippen LogP contribution in [-0.2, 0) is 4.74 Å². The van der Waals surface area contributed by atoms with Crippen molar-refractivity contribution in [3.8, 4) is 0 Å². The summed E-state index contributed by atoms with van der Waals surface area (Å²) in [5.74, 6) is 0.155. The summed E-state index contributed by atoms with van der Waals surface area (Å²) in [4.78, 5) is 12.3. The topological polar surface area (TPSA) is 192 Å². The summed E-state index contributed by atoms with van der Waals surface area (Å²) in [6.07, 6.45) is -4.16. The van der Waals surface area contributed by atoms with Gasteiger partial charge in [-0.2, -0.15) is 9.97 Å². The van der Waals surface area contributed by atoms with Crippen molar-refractivity contribution in [3.05, 3.63) is 6.33 Å². The van der Waals surface area contributed by atoms with Gasteiger partial charge in [-0.25, -0.2) is 4.98 Å². The van der Waals surface area contributed by atoms with Crippen LogP contribution < -0.4 is 11.1 Å². The lowest BCUT2D eigenvalue weighted by Crippen LogP contribution is -2.33. The molecule has 1 saturated heterocycles. The lowest BCUT2D eigenvalue weighted by atomic mass is 10.1. The minimum atomic E-state index is -1.29. The average Bonchev–Trinajstić information content (AvgIpc) is 3.15. The molecule has 0 bridgehead atoms. The molecule has 2 aromatic heterocycles. The van der Waals surface area contributed by atoms with Gasteiger partial charge in [0.15, 0.2) is 17.7 Å². The van der Waals surface area contributed by atoms with E-state index in [1.165, 1.54) is 10.9 Å². The molecular formula is C13H20N6O6. The molecule has 12 heteroatoms. The molecular weight excluding hydrogens is 336 g/mol. The van der Waals surface area contributed by atoms with Gasteiger partial charge in [-0.1, -0.05) is 0 Å². The highest BCUT2D eigenvalue weighted by molar-refractivity contribution is 5.83. The molecule has 0 aromatic carbocycles. The Balaban J connectivity index is 1.93. The number of fused-ring (bicyclic) bond motifs is 1. The fourth-order valence-electron chi connectivity index (χ4n) is 2.59. The van der Waals surface area contributed by atoms with Crippen LogP contribution in [0.4, 0.5) is 11.8 Å². The van der Waals surface area contributed by atoms with Crippen LogP contribution in [0.1, 0.15) is 6.23 Å². The van der Waals surface area contributed by atoms with Gasteiger partial charge < -0.3 is 41.3 Å². The molecule has 2 aromatic rings. The van der Waals surface area contributed by atoms with Crippen LogP contribution in [-0.4, -0.2) is 89.2 Å². The number of nitrogens with one attached hydrogen (secondary N) is 1. The predicted octanol–water partition coefficient (Wildman–Crippen LogP) is -3.21. The third kappa shape index (κ3) is 3.22. The highest BCUT2D eigenvalue weighted by Gasteiger charge is 2.44. The Morgan fingerprint density at radius 3 is 2.68 bits per heavy atom. The third-order valence-corrected chi connectivity index (χ3v) is 3.95. The Kier molecular flexibility index (Phi) is 4.99. The number of imidazole rings is 1. The summed E-state index contributed by atoms with van der Waals surface area (Å²) in [6, 6.07) is 0. The number of nitrogen functional groups attached to an aromatic ring is 1. The van der Waals surface area contributed by atoms with E-state index >= 15 is 0 Å². The number of aromatic nitrogens is 4. The summed E-state index contributed by atoms with van der Waals surface area (Å²) in [7, 11) is 0. The van der Waals surface area contributed by atoms with Crippen molar-refractivity contribution in [1.82, 2.24) is 19.5 Å². The molecule has 0 radical (unpaired) electrons. The smallest absolute Gasteiger partial charge is 0.226 e. The molecule has 0 aliphatic carbocycles. The van der Waals surface area contributed by atoms with E-state index in [-0.39, 0.29) is 29.5 Å². The first kappa shape index (κ1) is 17.7. The summed E-state index contributed by atoms with van der Waals surface area (Å²) in [5, 5.41) is 50.2. The zero-order valence-corrected chi connectivity index (χ0v) is 13.1. The maximum absolute atomic E-state index is 10.2. The fraction of sp³-hybridized carbons (Fsp3) is 0.615. The van der Waals surface area contributed by atoms with Crippen molar-refractivity contribution < 1.29 is 30.3 Å². The number of ether oxygens (including phenoxy) is 1. The van der Waals surface area contributed by atoms with Crippen molar-refractivity contribution in [1.29, 1.82) is 0 Å². The molecule has 0 amide bonds. The molecule has 8 N–H and O–H groups in total. The molecule has 1 fully saturated rings. The second-order valence-electron chi connectivity index (χ2n) is 5.70. The first-order valence-corrected chi connectivity index (χ1v) is 7.61. The van der Waals surface area contributed by atoms with Crippen molar-refractivity contribution >= 4 is 22.9 Å². The number of aliphatic hydroxyl groups is 5. The van der Waals surface area contributed by atoms with Crippen molar-refractivity contribution in [2.24, 2.45) is 0 Å². The van der Waals surface area contributed by atoms with Crippen LogP contribution in [0.5, 0.6) is 0 Å². The zero-order valence-electron chi connectivity index (χ0n) is 13.1. The lowest BCUT2D eigenvalue weighted by Gasteiger charge is -2.17. The van der Waals surface area contributed by atoms with Crippen LogP contribution in [0, 0.1) is 0 Å². The Labute approximate surface area is 141 Å². The summed E-state index contributed by atoms with van der Waals surface area (Å²) in [6.45, 7) is -0.876. The molecule has 1 aliphatic rings. The molecule has 1 aliphatic heterocycles. The number of nitrogens with zero attached hydrogens (tertiary/aromatic N) is 4. The van der Waals surface area contributed by atoms with Crippen LogP contribution in [0.15, 0.2) is 6.33 Å². The van der Waals surface area contributed by atoms with Gasteiger partial charge in [-0.3, -0.25) is 4.57 Å². The summed E-state index contributed by atoms with van der Waals surface area (Å²) >= 11 is 0. The highest BCUT2D eigenvalue weighted by atomic mass is 16.6. The number of aliphatic hydroxyl groups excluding tert-OH is 5. The minimum absolute atomic E-state index is 0.00341. The van der Waals surface area contributed by atoms with E-state index in [9.17, 15) is 20.4 Å². The maximum atomic E-state index is 10.2. The van der Waals surface area contributed by atoms with E-state index in [4.69, 9.17) is 15.6 Å². The summed E-state index contributed by atoms with van der Waals surface area (Å²) in [5.41, 5.74) is 6.36. The van der Waals surface area contributed by atoms with Gasteiger partial charge in [0.05, 0.1) is 25.6 Å². The van der Waals surface area contributed by atoms with Gasteiger partial charge in [0.25, 0.3) is 0 Å². The number of rotatable bonds is 6. The maximum Gasteiger partial charge on any atom is 0.226 e. The van der Waals surface area contributed by atoms with Crippen LogP contribution in [0.25, 0.3) is 11.2 Å². The molecule has 3 rings (SSSR count). The molecule has 1 unspecified atom stereocenters. The van der Waals surface area contributed by atoms with Crippen molar-refractivity contribution in [2.75, 3.05) is 30.8 Å². The summed E-state index contributed by atoms with van der Waals surface area (Å²) < 4.78 is 6.84. The van der Waals surface area contributed by atoms with E-state index in [1.54, 1.807) is 0 Å². The Hall–Kier alpha value is -2.09. The molecule has 5 atom stereocenters. The fourth-order valence-corrected chi connectivity index (χ4v) is 2.59. The highest BCUT2D eigenvalue weighted by Crippen LogP contribution is 2.32. The van der Waals surface area contributed by atoms with E-state index in [0.717, 1.165) is 0 Å². The van der Waals surface area contributed by atoms with Gasteiger partial charge >= 0.3 is 0 Å². The number of hydrogen-bond donors (Lipinski definition) is 7. The molecule has 12 nitrogen and oxygen atoms in total. The number of nitrogens with two attached hydrogens (primary N) is 1. The average molecular weight is 356 g/mol. The largest absolute Gasteiger partial charge is 0.394 e. The van der Waals surface area contributed by atoms with Crippen LogP contribution >= 0.6 is 0 Å². The lowest BCUT2D eigenvalue weighted by molar-refractivity contribution is -0.0511. The van der Waals surface area contributed by atoms with Crippen molar-refractivity contribution in [2.45, 2.75) is 30.6 Å². The van der Waals surface area contributed by atoms with Gasteiger partial charge in [-0.05, 0) is 0 Å². The Bertz CT molecular complexity index is 741. The SMILES string of the molecule is Nc1nc(NCC(O)CO)nc2c1ncn2[C@@H]1O[C@H](CO)[C@@H](O)[C@H]1O. The molecule has 25 heavy (non-hydrogen) atoms. The first-order chi connectivity index (χ1) is 12.0. The minimum Gasteiger partial charge on any atom is -0.394 e. The second-order valence-corrected chi connectivity index (χ2v) is 5.70. The Morgan fingerprint density at radius 1 is 1.28 bits per heavy atom. The standard InChI is InChI=1S/C13H20N6O6/c14-10-7-11(18-13(17-10)15-1-5(22)2-20)19(4-16-7)12-9(24)8(23)6(3-21)25-12/h4-6,8-9,12,20-24H,1-3H2,(H3,14,15,17,18)/t5?,6-,8-,9-,12-/m1/s1. The molecule has 0 saturated carbocycles. The van der Waals surface area contributed by atoms with E-state index < -0.39 is 43.9 Å².